The van der Waals surface area contributed by atoms with Crippen LogP contribution >= 0.6 is 0 Å². The highest BCUT2D eigenvalue weighted by Gasteiger charge is 2.27. The summed E-state index contributed by atoms with van der Waals surface area (Å²) >= 11 is 0. The molecule has 1 aliphatic heterocycles. The lowest BCUT2D eigenvalue weighted by atomic mass is 9.89. The van der Waals surface area contributed by atoms with Crippen molar-refractivity contribution < 1.29 is 4.74 Å². The Bertz CT molecular complexity index is 737. The van der Waals surface area contributed by atoms with Gasteiger partial charge >= 0.3 is 0 Å². The summed E-state index contributed by atoms with van der Waals surface area (Å²) in [6.07, 6.45) is 4.22. The van der Waals surface area contributed by atoms with Gasteiger partial charge in [-0.15, -0.1) is 0 Å². The second kappa shape index (κ2) is 9.55. The molecule has 146 valence electrons. The standard InChI is InChI=1S/C21H31N5O/c1-4-22-21(24-15-19-11-12-25-26(19)3)23-14-18-6-5-13-27-20(18)17-9-7-16(2)8-10-17/h7-12,18,20H,4-6,13-15H2,1-3H3,(H2,22,23,24). The van der Waals surface area contributed by atoms with Crippen molar-refractivity contribution in [2.75, 3.05) is 19.7 Å². The lowest BCUT2D eigenvalue weighted by Crippen LogP contribution is -2.42. The Balaban J connectivity index is 1.63. The summed E-state index contributed by atoms with van der Waals surface area (Å²) < 4.78 is 7.99. The van der Waals surface area contributed by atoms with E-state index >= 15 is 0 Å². The number of guanidine groups is 1. The third kappa shape index (κ3) is 5.32. The van der Waals surface area contributed by atoms with E-state index in [1.807, 2.05) is 17.8 Å². The summed E-state index contributed by atoms with van der Waals surface area (Å²) in [5.41, 5.74) is 3.63. The molecule has 2 aromatic rings. The molecule has 1 aromatic carbocycles. The van der Waals surface area contributed by atoms with Gasteiger partial charge < -0.3 is 15.4 Å². The first-order valence-electron chi connectivity index (χ1n) is 9.84. The van der Waals surface area contributed by atoms with Gasteiger partial charge in [-0.3, -0.25) is 4.68 Å². The average molecular weight is 370 g/mol. The highest BCUT2D eigenvalue weighted by Crippen LogP contribution is 2.33. The fraction of sp³-hybridized carbons (Fsp3) is 0.524. The van der Waals surface area contributed by atoms with Gasteiger partial charge in [0, 0.05) is 38.9 Å². The number of hydrogen-bond acceptors (Lipinski definition) is 3. The number of ether oxygens (including phenoxy) is 1. The number of aliphatic imine (C=N–C) groups is 1. The lowest BCUT2D eigenvalue weighted by Gasteiger charge is -2.32. The number of nitrogens with one attached hydrogen (secondary N) is 2. The molecule has 1 aliphatic rings. The number of rotatable bonds is 6. The fourth-order valence-corrected chi connectivity index (χ4v) is 3.46. The number of aromatic nitrogens is 2. The van der Waals surface area contributed by atoms with Gasteiger partial charge in [0.2, 0.25) is 0 Å². The molecule has 0 amide bonds. The first-order chi connectivity index (χ1) is 13.2. The maximum atomic E-state index is 6.13. The van der Waals surface area contributed by atoms with Gasteiger partial charge in [-0.05, 0) is 38.3 Å². The lowest BCUT2D eigenvalue weighted by molar-refractivity contribution is -0.0265. The Kier molecular flexibility index (Phi) is 6.87. The third-order valence-electron chi connectivity index (χ3n) is 5.05. The topological polar surface area (TPSA) is 63.5 Å². The van der Waals surface area contributed by atoms with Gasteiger partial charge in [-0.25, -0.2) is 4.99 Å². The summed E-state index contributed by atoms with van der Waals surface area (Å²) in [5, 5.41) is 11.0. The van der Waals surface area contributed by atoms with E-state index in [4.69, 9.17) is 9.73 Å². The predicted octanol–water partition coefficient (Wildman–Crippen LogP) is 2.95. The maximum absolute atomic E-state index is 6.13. The summed E-state index contributed by atoms with van der Waals surface area (Å²) in [7, 11) is 1.94. The van der Waals surface area contributed by atoms with E-state index in [-0.39, 0.29) is 6.10 Å². The zero-order valence-corrected chi connectivity index (χ0v) is 16.6. The van der Waals surface area contributed by atoms with Crippen LogP contribution in [0.4, 0.5) is 0 Å². The monoisotopic (exact) mass is 369 g/mol. The molecule has 2 N–H and O–H groups in total. The van der Waals surface area contributed by atoms with Crippen molar-refractivity contribution >= 4 is 5.96 Å². The largest absolute Gasteiger partial charge is 0.373 e. The molecular weight excluding hydrogens is 338 g/mol. The molecule has 0 aliphatic carbocycles. The van der Waals surface area contributed by atoms with E-state index in [2.05, 4.69) is 53.8 Å². The van der Waals surface area contributed by atoms with Gasteiger partial charge in [0.1, 0.15) is 0 Å². The Morgan fingerprint density at radius 1 is 1.26 bits per heavy atom. The van der Waals surface area contributed by atoms with Gasteiger partial charge in [0.25, 0.3) is 0 Å². The molecule has 1 aromatic heterocycles. The normalized spacial score (nSPS) is 20.5. The average Bonchev–Trinajstić information content (AvgIpc) is 3.10. The first kappa shape index (κ1) is 19.4. The molecule has 0 bridgehead atoms. The Labute approximate surface area is 162 Å². The molecule has 1 fully saturated rings. The van der Waals surface area contributed by atoms with Crippen LogP contribution in [0.2, 0.25) is 0 Å². The smallest absolute Gasteiger partial charge is 0.191 e. The number of hydrogen-bond donors (Lipinski definition) is 2. The summed E-state index contributed by atoms with van der Waals surface area (Å²) in [5.74, 6) is 1.27. The SMILES string of the molecule is CCNC(=NCc1ccnn1C)NCC1CCCOC1c1ccc(C)cc1. The van der Waals surface area contributed by atoms with Crippen LogP contribution in [0.15, 0.2) is 41.5 Å². The Hall–Kier alpha value is -2.34. The van der Waals surface area contributed by atoms with Crippen LogP contribution in [0.3, 0.4) is 0 Å². The van der Waals surface area contributed by atoms with Crippen molar-refractivity contribution in [1.82, 2.24) is 20.4 Å². The second-order valence-corrected chi connectivity index (χ2v) is 7.13. The fourth-order valence-electron chi connectivity index (χ4n) is 3.46. The van der Waals surface area contributed by atoms with Crippen LogP contribution in [0, 0.1) is 12.8 Å². The van der Waals surface area contributed by atoms with Crippen LogP contribution in [-0.2, 0) is 18.3 Å². The van der Waals surface area contributed by atoms with E-state index < -0.39 is 0 Å². The van der Waals surface area contributed by atoms with E-state index in [1.165, 1.54) is 11.1 Å². The van der Waals surface area contributed by atoms with Gasteiger partial charge in [-0.2, -0.15) is 5.10 Å². The van der Waals surface area contributed by atoms with Crippen molar-refractivity contribution in [3.8, 4) is 0 Å². The van der Waals surface area contributed by atoms with Gasteiger partial charge in [0.05, 0.1) is 18.3 Å². The summed E-state index contributed by atoms with van der Waals surface area (Å²) in [6, 6.07) is 10.7. The molecular formula is C21H31N5O. The van der Waals surface area contributed by atoms with Crippen LogP contribution < -0.4 is 10.6 Å². The molecule has 3 rings (SSSR count). The van der Waals surface area contributed by atoms with Crippen LogP contribution in [0.5, 0.6) is 0 Å². The molecule has 27 heavy (non-hydrogen) atoms. The van der Waals surface area contributed by atoms with Crippen molar-refractivity contribution in [2.24, 2.45) is 18.0 Å². The molecule has 0 radical (unpaired) electrons. The third-order valence-corrected chi connectivity index (χ3v) is 5.05. The number of aryl methyl sites for hydroxylation is 2. The highest BCUT2D eigenvalue weighted by atomic mass is 16.5. The van der Waals surface area contributed by atoms with Gasteiger partial charge in [-0.1, -0.05) is 29.8 Å². The minimum Gasteiger partial charge on any atom is -0.373 e. The van der Waals surface area contributed by atoms with Crippen molar-refractivity contribution in [1.29, 1.82) is 0 Å². The minimum absolute atomic E-state index is 0.145. The summed E-state index contributed by atoms with van der Waals surface area (Å²) in [4.78, 5) is 4.70. The second-order valence-electron chi connectivity index (χ2n) is 7.13. The molecule has 0 saturated carbocycles. The zero-order valence-electron chi connectivity index (χ0n) is 16.6. The van der Waals surface area contributed by atoms with Crippen LogP contribution in [-0.4, -0.2) is 35.4 Å². The molecule has 2 atom stereocenters. The molecule has 1 saturated heterocycles. The Morgan fingerprint density at radius 2 is 2.07 bits per heavy atom. The van der Waals surface area contributed by atoms with Crippen molar-refractivity contribution in [3.63, 3.8) is 0 Å². The first-order valence-corrected chi connectivity index (χ1v) is 9.84. The van der Waals surface area contributed by atoms with Crippen LogP contribution in [0.1, 0.15) is 42.7 Å². The minimum atomic E-state index is 0.145. The molecule has 0 spiro atoms. The van der Waals surface area contributed by atoms with Crippen LogP contribution in [0.25, 0.3) is 0 Å². The van der Waals surface area contributed by atoms with E-state index in [0.29, 0.717) is 12.5 Å². The molecule has 6 heteroatoms. The Morgan fingerprint density at radius 3 is 2.78 bits per heavy atom. The molecule has 2 unspecified atom stereocenters. The predicted molar refractivity (Wildman–Crippen MR) is 109 cm³/mol. The zero-order chi connectivity index (χ0) is 19.1. The number of benzene rings is 1. The van der Waals surface area contributed by atoms with Crippen molar-refractivity contribution in [2.45, 2.75) is 39.3 Å². The van der Waals surface area contributed by atoms with Gasteiger partial charge in [0.15, 0.2) is 5.96 Å². The maximum Gasteiger partial charge on any atom is 0.191 e. The quantitative estimate of drug-likeness (QED) is 0.607. The van der Waals surface area contributed by atoms with E-state index in [9.17, 15) is 0 Å². The molecule has 6 nitrogen and oxygen atoms in total. The number of nitrogens with zero attached hydrogens (tertiary/aromatic N) is 3. The van der Waals surface area contributed by atoms with E-state index in [0.717, 1.165) is 44.2 Å². The summed E-state index contributed by atoms with van der Waals surface area (Å²) in [6.45, 7) is 7.32. The van der Waals surface area contributed by atoms with E-state index in [1.54, 1.807) is 6.20 Å². The highest BCUT2D eigenvalue weighted by molar-refractivity contribution is 5.79. The van der Waals surface area contributed by atoms with Crippen molar-refractivity contribution in [3.05, 3.63) is 53.3 Å². The molecule has 2 heterocycles.